The van der Waals surface area contributed by atoms with Gasteiger partial charge in [-0.15, -0.1) is 0 Å². The summed E-state index contributed by atoms with van der Waals surface area (Å²) in [4.78, 5) is 28.7. The van der Waals surface area contributed by atoms with Crippen molar-refractivity contribution in [1.82, 2.24) is 9.80 Å². The van der Waals surface area contributed by atoms with Gasteiger partial charge in [-0.05, 0) is 36.1 Å². The summed E-state index contributed by atoms with van der Waals surface area (Å²) in [6.45, 7) is 8.62. The maximum atomic E-state index is 12.8. The minimum absolute atomic E-state index is 0.0430. The Bertz CT molecular complexity index is 786. The van der Waals surface area contributed by atoms with Crippen molar-refractivity contribution in [1.29, 1.82) is 0 Å². The van der Waals surface area contributed by atoms with Gasteiger partial charge in [0.25, 0.3) is 5.91 Å². The zero-order valence-electron chi connectivity index (χ0n) is 16.4. The van der Waals surface area contributed by atoms with Gasteiger partial charge in [-0.3, -0.25) is 9.59 Å². The third-order valence-electron chi connectivity index (χ3n) is 5.02. The molecule has 1 saturated heterocycles. The molecule has 0 spiro atoms. The van der Waals surface area contributed by atoms with E-state index >= 15 is 0 Å². The summed E-state index contributed by atoms with van der Waals surface area (Å²) in [5, 5.41) is 0. The zero-order chi connectivity index (χ0) is 19.4. The molecular weight excluding hydrogens is 336 g/mol. The predicted octanol–water partition coefficient (Wildman–Crippen LogP) is 3.99. The van der Waals surface area contributed by atoms with Crippen molar-refractivity contribution in [3.05, 3.63) is 59.7 Å². The van der Waals surface area contributed by atoms with Gasteiger partial charge in [0.2, 0.25) is 5.91 Å². The highest BCUT2D eigenvalue weighted by Crippen LogP contribution is 2.21. The van der Waals surface area contributed by atoms with Crippen LogP contribution in [-0.4, -0.2) is 47.8 Å². The summed E-state index contributed by atoms with van der Waals surface area (Å²) in [5.41, 5.74) is 4.19. The summed E-state index contributed by atoms with van der Waals surface area (Å²) in [6, 6.07) is 16.2. The van der Waals surface area contributed by atoms with Gasteiger partial charge in [-0.2, -0.15) is 0 Å². The lowest BCUT2D eigenvalue weighted by Gasteiger charge is -2.35. The van der Waals surface area contributed by atoms with Crippen molar-refractivity contribution < 1.29 is 9.59 Å². The second-order valence-electron chi connectivity index (χ2n) is 7.71. The molecule has 0 bridgehead atoms. The molecule has 0 N–H and O–H groups in total. The summed E-state index contributed by atoms with van der Waals surface area (Å²) in [5.74, 6) is 0.602. The molecule has 2 amide bonds. The van der Waals surface area contributed by atoms with Crippen LogP contribution < -0.4 is 0 Å². The molecule has 1 fully saturated rings. The lowest BCUT2D eigenvalue weighted by molar-refractivity contribution is -0.133. The van der Waals surface area contributed by atoms with E-state index in [-0.39, 0.29) is 11.8 Å². The van der Waals surface area contributed by atoms with E-state index in [1.54, 1.807) is 0 Å². The first-order chi connectivity index (χ1) is 12.9. The van der Waals surface area contributed by atoms with Gasteiger partial charge in [0.05, 0.1) is 0 Å². The van der Waals surface area contributed by atoms with Crippen LogP contribution in [0.4, 0.5) is 0 Å². The van der Waals surface area contributed by atoms with E-state index in [0.29, 0.717) is 44.1 Å². The molecule has 0 saturated carbocycles. The molecule has 2 aromatic carbocycles. The minimum atomic E-state index is 0.0430. The van der Waals surface area contributed by atoms with Crippen LogP contribution in [0.25, 0.3) is 11.1 Å². The number of benzene rings is 2. The fraction of sp³-hybridized carbons (Fsp3) is 0.391. The Kier molecular flexibility index (Phi) is 5.94. The predicted molar refractivity (Wildman–Crippen MR) is 109 cm³/mol. The fourth-order valence-electron chi connectivity index (χ4n) is 3.37. The summed E-state index contributed by atoms with van der Waals surface area (Å²) >= 11 is 0. The highest BCUT2D eigenvalue weighted by Gasteiger charge is 2.25. The Hall–Kier alpha value is -2.62. The lowest BCUT2D eigenvalue weighted by atomic mass is 10.0. The first-order valence-corrected chi connectivity index (χ1v) is 9.68. The fourth-order valence-corrected chi connectivity index (χ4v) is 3.37. The van der Waals surface area contributed by atoms with E-state index in [9.17, 15) is 9.59 Å². The highest BCUT2D eigenvalue weighted by molar-refractivity contribution is 5.95. The number of amides is 2. The topological polar surface area (TPSA) is 40.6 Å². The van der Waals surface area contributed by atoms with Crippen molar-refractivity contribution in [2.75, 3.05) is 26.2 Å². The molecule has 3 rings (SSSR count). The van der Waals surface area contributed by atoms with Gasteiger partial charge in [-0.1, -0.05) is 55.8 Å². The average Bonchev–Trinajstić information content (AvgIpc) is 2.68. The third kappa shape index (κ3) is 4.76. The highest BCUT2D eigenvalue weighted by atomic mass is 16.2. The molecule has 27 heavy (non-hydrogen) atoms. The Morgan fingerprint density at radius 1 is 0.815 bits per heavy atom. The van der Waals surface area contributed by atoms with Crippen LogP contribution in [0.3, 0.4) is 0 Å². The first-order valence-electron chi connectivity index (χ1n) is 9.68. The molecule has 142 valence electrons. The Morgan fingerprint density at radius 2 is 1.30 bits per heavy atom. The van der Waals surface area contributed by atoms with Crippen LogP contribution in [0, 0.1) is 12.8 Å². The third-order valence-corrected chi connectivity index (χ3v) is 5.02. The SMILES string of the molecule is Cc1ccc(-c2ccc(C(=O)N3CCN(C(=O)CC(C)C)CC3)cc2)cc1. The van der Waals surface area contributed by atoms with Crippen LogP contribution in [0.5, 0.6) is 0 Å². The maximum Gasteiger partial charge on any atom is 0.253 e. The van der Waals surface area contributed by atoms with Crippen LogP contribution in [0.1, 0.15) is 36.2 Å². The number of aryl methyl sites for hydroxylation is 1. The number of carbonyl (C=O) groups is 2. The molecule has 2 aromatic rings. The molecule has 4 heteroatoms. The van der Waals surface area contributed by atoms with Gasteiger partial charge in [0.15, 0.2) is 0 Å². The van der Waals surface area contributed by atoms with Crippen molar-refractivity contribution in [2.45, 2.75) is 27.2 Å². The molecule has 0 aliphatic carbocycles. The summed E-state index contributed by atoms with van der Waals surface area (Å²) in [7, 11) is 0. The summed E-state index contributed by atoms with van der Waals surface area (Å²) < 4.78 is 0. The van der Waals surface area contributed by atoms with Gasteiger partial charge in [0, 0.05) is 38.2 Å². The Labute approximate surface area is 161 Å². The van der Waals surface area contributed by atoms with Crippen molar-refractivity contribution in [3.8, 4) is 11.1 Å². The second-order valence-corrected chi connectivity index (χ2v) is 7.71. The molecule has 0 radical (unpaired) electrons. The quantitative estimate of drug-likeness (QED) is 0.823. The number of hydrogen-bond donors (Lipinski definition) is 0. The van der Waals surface area contributed by atoms with Gasteiger partial charge < -0.3 is 9.80 Å². The molecular formula is C23H28N2O2. The van der Waals surface area contributed by atoms with E-state index in [1.807, 2.05) is 34.1 Å². The second kappa shape index (κ2) is 8.38. The van der Waals surface area contributed by atoms with Crippen molar-refractivity contribution in [3.63, 3.8) is 0 Å². The van der Waals surface area contributed by atoms with Crippen LogP contribution in [0.15, 0.2) is 48.5 Å². The zero-order valence-corrected chi connectivity index (χ0v) is 16.4. The molecule has 0 aromatic heterocycles. The van der Waals surface area contributed by atoms with Crippen molar-refractivity contribution >= 4 is 11.8 Å². The van der Waals surface area contributed by atoms with E-state index in [2.05, 4.69) is 45.0 Å². The Balaban J connectivity index is 1.60. The standard InChI is InChI=1S/C23H28N2O2/c1-17(2)16-22(26)24-12-14-25(15-13-24)23(27)21-10-8-20(9-11-21)19-6-4-18(3)5-7-19/h4-11,17H,12-16H2,1-3H3. The molecule has 1 aliphatic rings. The van der Waals surface area contributed by atoms with Crippen LogP contribution in [-0.2, 0) is 4.79 Å². The minimum Gasteiger partial charge on any atom is -0.339 e. The molecule has 0 atom stereocenters. The lowest BCUT2D eigenvalue weighted by Crippen LogP contribution is -2.50. The van der Waals surface area contributed by atoms with Gasteiger partial charge in [-0.25, -0.2) is 0 Å². The van der Waals surface area contributed by atoms with E-state index < -0.39 is 0 Å². The van der Waals surface area contributed by atoms with E-state index in [0.717, 1.165) is 11.1 Å². The maximum absolute atomic E-state index is 12.8. The van der Waals surface area contributed by atoms with E-state index in [4.69, 9.17) is 0 Å². The molecule has 4 nitrogen and oxygen atoms in total. The van der Waals surface area contributed by atoms with Crippen molar-refractivity contribution in [2.24, 2.45) is 5.92 Å². The van der Waals surface area contributed by atoms with Gasteiger partial charge in [0.1, 0.15) is 0 Å². The number of rotatable bonds is 4. The number of carbonyl (C=O) groups excluding carboxylic acids is 2. The monoisotopic (exact) mass is 364 g/mol. The summed E-state index contributed by atoms with van der Waals surface area (Å²) in [6.07, 6.45) is 0.578. The number of hydrogen-bond acceptors (Lipinski definition) is 2. The van der Waals surface area contributed by atoms with Crippen LogP contribution in [0.2, 0.25) is 0 Å². The Morgan fingerprint density at radius 3 is 1.81 bits per heavy atom. The largest absolute Gasteiger partial charge is 0.339 e. The number of nitrogens with zero attached hydrogens (tertiary/aromatic N) is 2. The first kappa shape index (κ1) is 19.2. The average molecular weight is 364 g/mol. The van der Waals surface area contributed by atoms with E-state index in [1.165, 1.54) is 5.56 Å². The van der Waals surface area contributed by atoms with Gasteiger partial charge >= 0.3 is 0 Å². The normalized spacial score (nSPS) is 14.5. The molecule has 1 aliphatic heterocycles. The molecule has 1 heterocycles. The smallest absolute Gasteiger partial charge is 0.253 e. The number of piperazine rings is 1. The van der Waals surface area contributed by atoms with Crippen LogP contribution >= 0.6 is 0 Å². The molecule has 0 unspecified atom stereocenters.